The molecule has 8 heteroatoms. The molecule has 0 unspecified atom stereocenters. The lowest BCUT2D eigenvalue weighted by Crippen LogP contribution is -2.47. The van der Waals surface area contributed by atoms with Gasteiger partial charge in [0.05, 0.1) is 31.4 Å². The first kappa shape index (κ1) is 21.8. The van der Waals surface area contributed by atoms with Gasteiger partial charge < -0.3 is 14.5 Å². The van der Waals surface area contributed by atoms with Crippen molar-refractivity contribution in [2.24, 2.45) is 5.92 Å². The predicted molar refractivity (Wildman–Crippen MR) is 111 cm³/mol. The summed E-state index contributed by atoms with van der Waals surface area (Å²) in [6, 6.07) is 2.05. The molecule has 162 valence electrons. The highest BCUT2D eigenvalue weighted by Gasteiger charge is 2.31. The van der Waals surface area contributed by atoms with Crippen LogP contribution in [-0.2, 0) is 20.9 Å². The number of hydrogen-bond acceptors (Lipinski definition) is 5. The number of nitrogens with zero attached hydrogens (tertiary/aromatic N) is 5. The van der Waals surface area contributed by atoms with E-state index in [4.69, 9.17) is 4.74 Å². The summed E-state index contributed by atoms with van der Waals surface area (Å²) in [5.41, 5.74) is 2.10. The Morgan fingerprint density at radius 1 is 1.24 bits per heavy atom. The molecule has 0 aliphatic carbocycles. The minimum absolute atomic E-state index is 0.0958. The minimum Gasteiger partial charge on any atom is -0.379 e. The number of rotatable bonds is 8. The van der Waals surface area contributed by atoms with Crippen molar-refractivity contribution in [3.05, 3.63) is 17.5 Å². The Morgan fingerprint density at radius 2 is 2.00 bits per heavy atom. The van der Waals surface area contributed by atoms with E-state index in [9.17, 15) is 9.59 Å². The molecule has 3 rings (SSSR count). The van der Waals surface area contributed by atoms with Crippen LogP contribution in [0.4, 0.5) is 0 Å². The van der Waals surface area contributed by atoms with E-state index in [0.29, 0.717) is 32.5 Å². The maximum atomic E-state index is 12.9. The third-order valence-corrected chi connectivity index (χ3v) is 5.98. The van der Waals surface area contributed by atoms with Crippen LogP contribution >= 0.6 is 0 Å². The van der Waals surface area contributed by atoms with Gasteiger partial charge >= 0.3 is 0 Å². The van der Waals surface area contributed by atoms with Gasteiger partial charge in [-0.05, 0) is 32.8 Å². The molecule has 1 aromatic heterocycles. The SMILES string of the molecule is Cc1cc(C)n(CCN(C)C(=O)[C@H]2CCC(=O)N(CCCN3CCOCC3)C2)n1. The fourth-order valence-corrected chi connectivity index (χ4v) is 4.21. The maximum absolute atomic E-state index is 12.9. The van der Waals surface area contributed by atoms with Crippen LogP contribution in [0, 0.1) is 19.8 Å². The zero-order valence-corrected chi connectivity index (χ0v) is 18.1. The summed E-state index contributed by atoms with van der Waals surface area (Å²) in [6.07, 6.45) is 2.07. The van der Waals surface area contributed by atoms with Crippen LogP contribution in [0.2, 0.25) is 0 Å². The fraction of sp³-hybridized carbons (Fsp3) is 0.762. The molecule has 2 saturated heterocycles. The third-order valence-electron chi connectivity index (χ3n) is 5.98. The van der Waals surface area contributed by atoms with Gasteiger partial charge in [-0.15, -0.1) is 0 Å². The van der Waals surface area contributed by atoms with E-state index < -0.39 is 0 Å². The average Bonchev–Trinajstić information content (AvgIpc) is 3.04. The summed E-state index contributed by atoms with van der Waals surface area (Å²) in [7, 11) is 1.85. The normalized spacial score (nSPS) is 20.9. The molecule has 0 saturated carbocycles. The fourth-order valence-electron chi connectivity index (χ4n) is 4.21. The molecule has 0 aromatic carbocycles. The van der Waals surface area contributed by atoms with Crippen LogP contribution in [0.3, 0.4) is 0 Å². The number of amides is 2. The Labute approximate surface area is 173 Å². The maximum Gasteiger partial charge on any atom is 0.227 e. The van der Waals surface area contributed by atoms with E-state index in [2.05, 4.69) is 10.00 Å². The zero-order chi connectivity index (χ0) is 20.8. The van der Waals surface area contributed by atoms with Crippen molar-refractivity contribution in [2.75, 3.05) is 59.5 Å². The summed E-state index contributed by atoms with van der Waals surface area (Å²) in [6.45, 7) is 11.1. The zero-order valence-electron chi connectivity index (χ0n) is 18.1. The highest BCUT2D eigenvalue weighted by atomic mass is 16.5. The second-order valence-electron chi connectivity index (χ2n) is 8.29. The van der Waals surface area contributed by atoms with E-state index >= 15 is 0 Å². The van der Waals surface area contributed by atoms with Gasteiger partial charge in [-0.3, -0.25) is 19.2 Å². The largest absolute Gasteiger partial charge is 0.379 e. The van der Waals surface area contributed by atoms with Gasteiger partial charge in [-0.2, -0.15) is 5.10 Å². The Kier molecular flexibility index (Phi) is 7.66. The standard InChI is InChI=1S/C21H35N5O3/c1-17-15-18(2)26(22-17)10-9-23(3)21(28)19-5-6-20(27)25(16-19)8-4-7-24-11-13-29-14-12-24/h15,19H,4-14,16H2,1-3H3/t19-/m0/s1. The molecule has 1 aromatic rings. The number of carbonyl (C=O) groups is 2. The molecule has 3 heterocycles. The molecule has 2 aliphatic rings. The van der Waals surface area contributed by atoms with Crippen molar-refractivity contribution < 1.29 is 14.3 Å². The smallest absolute Gasteiger partial charge is 0.227 e. The molecule has 0 radical (unpaired) electrons. The van der Waals surface area contributed by atoms with Crippen LogP contribution in [0.1, 0.15) is 30.7 Å². The minimum atomic E-state index is -0.0958. The summed E-state index contributed by atoms with van der Waals surface area (Å²) >= 11 is 0. The van der Waals surface area contributed by atoms with Crippen LogP contribution in [-0.4, -0.2) is 95.8 Å². The first-order valence-electron chi connectivity index (χ1n) is 10.8. The summed E-state index contributed by atoms with van der Waals surface area (Å²) in [4.78, 5) is 31.3. The van der Waals surface area contributed by atoms with Crippen molar-refractivity contribution in [1.82, 2.24) is 24.5 Å². The lowest BCUT2D eigenvalue weighted by molar-refractivity contribution is -0.142. The molecular weight excluding hydrogens is 370 g/mol. The quantitative estimate of drug-likeness (QED) is 0.643. The molecule has 0 spiro atoms. The molecule has 0 bridgehead atoms. The van der Waals surface area contributed by atoms with Gasteiger partial charge in [0.1, 0.15) is 0 Å². The van der Waals surface area contributed by atoms with E-state index in [-0.39, 0.29) is 17.7 Å². The lowest BCUT2D eigenvalue weighted by atomic mass is 9.96. The van der Waals surface area contributed by atoms with E-state index in [1.165, 1.54) is 0 Å². The molecule has 0 N–H and O–H groups in total. The Balaban J connectivity index is 1.44. The topological polar surface area (TPSA) is 70.9 Å². The van der Waals surface area contributed by atoms with Crippen LogP contribution in [0.25, 0.3) is 0 Å². The number of carbonyl (C=O) groups excluding carboxylic acids is 2. The second kappa shape index (κ2) is 10.2. The average molecular weight is 406 g/mol. The van der Waals surface area contributed by atoms with Gasteiger partial charge in [0, 0.05) is 58.4 Å². The molecule has 2 fully saturated rings. The number of likely N-dealkylation sites (N-methyl/N-ethyl adjacent to an activating group) is 1. The molecule has 29 heavy (non-hydrogen) atoms. The van der Waals surface area contributed by atoms with Gasteiger partial charge in [0.25, 0.3) is 0 Å². The summed E-state index contributed by atoms with van der Waals surface area (Å²) in [5.74, 6) is 0.222. The van der Waals surface area contributed by atoms with Crippen LogP contribution < -0.4 is 0 Å². The number of aromatic nitrogens is 2. The second-order valence-corrected chi connectivity index (χ2v) is 8.29. The van der Waals surface area contributed by atoms with Crippen molar-refractivity contribution in [1.29, 1.82) is 0 Å². The summed E-state index contributed by atoms with van der Waals surface area (Å²) < 4.78 is 7.32. The summed E-state index contributed by atoms with van der Waals surface area (Å²) in [5, 5.41) is 4.46. The Hall–Kier alpha value is -1.93. The van der Waals surface area contributed by atoms with Crippen molar-refractivity contribution in [2.45, 2.75) is 39.7 Å². The highest BCUT2D eigenvalue weighted by Crippen LogP contribution is 2.20. The lowest BCUT2D eigenvalue weighted by Gasteiger charge is -2.34. The molecule has 1 atom stereocenters. The Morgan fingerprint density at radius 3 is 2.69 bits per heavy atom. The van der Waals surface area contributed by atoms with E-state index in [1.807, 2.05) is 36.5 Å². The molecule has 8 nitrogen and oxygen atoms in total. The Bertz CT molecular complexity index is 698. The van der Waals surface area contributed by atoms with Crippen LogP contribution in [0.5, 0.6) is 0 Å². The monoisotopic (exact) mass is 405 g/mol. The number of likely N-dealkylation sites (tertiary alicyclic amines) is 1. The van der Waals surface area contributed by atoms with Crippen molar-refractivity contribution >= 4 is 11.8 Å². The molecule has 2 amide bonds. The first-order chi connectivity index (χ1) is 13.9. The van der Waals surface area contributed by atoms with Crippen molar-refractivity contribution in [3.63, 3.8) is 0 Å². The number of aryl methyl sites for hydroxylation is 2. The third kappa shape index (κ3) is 6.02. The molecule has 2 aliphatic heterocycles. The van der Waals surface area contributed by atoms with Gasteiger partial charge in [0.2, 0.25) is 11.8 Å². The van der Waals surface area contributed by atoms with Gasteiger partial charge in [-0.25, -0.2) is 0 Å². The van der Waals surface area contributed by atoms with Gasteiger partial charge in [-0.1, -0.05) is 0 Å². The number of hydrogen-bond donors (Lipinski definition) is 0. The number of morpholine rings is 1. The number of ether oxygens (including phenoxy) is 1. The van der Waals surface area contributed by atoms with Crippen molar-refractivity contribution in [3.8, 4) is 0 Å². The van der Waals surface area contributed by atoms with Gasteiger partial charge in [0.15, 0.2) is 0 Å². The molecular formula is C21H35N5O3. The van der Waals surface area contributed by atoms with Crippen LogP contribution in [0.15, 0.2) is 6.07 Å². The highest BCUT2D eigenvalue weighted by molar-refractivity contribution is 5.83. The first-order valence-corrected chi connectivity index (χ1v) is 10.8. The van der Waals surface area contributed by atoms with E-state index in [0.717, 1.165) is 57.2 Å². The predicted octanol–water partition coefficient (Wildman–Crippen LogP) is 0.919. The van der Waals surface area contributed by atoms with E-state index in [1.54, 1.807) is 4.90 Å². The number of piperidine rings is 1.